The van der Waals surface area contributed by atoms with Crippen LogP contribution in [0.25, 0.3) is 0 Å². The van der Waals surface area contributed by atoms with Gasteiger partial charge in [0.25, 0.3) is 0 Å². The maximum Gasteiger partial charge on any atom is 0.329 e. The number of hydrogen-bond donors (Lipinski definition) is 3. The highest BCUT2D eigenvalue weighted by molar-refractivity contribution is 5.95. The normalized spacial score (nSPS) is 12.5. The summed E-state index contributed by atoms with van der Waals surface area (Å²) in [4.78, 5) is 39.6. The molecule has 0 saturated heterocycles. The molecule has 3 rings (SSSR count). The van der Waals surface area contributed by atoms with Crippen molar-refractivity contribution in [2.24, 2.45) is 5.92 Å². The van der Waals surface area contributed by atoms with Gasteiger partial charge in [-0.1, -0.05) is 68.4 Å². The van der Waals surface area contributed by atoms with Crippen molar-refractivity contribution in [2.75, 3.05) is 12.4 Å². The standard InChI is InChI=1S/C34H43N3O6/c1-23(2)20-28(37-33(40)36-27-14-10-11-15-30(27)41-6)31(38)35-29(32(39)43-34(3,4)5)21-24-16-18-26(19-17-24)42-22-25-12-8-7-9-13-25/h7-19,23,28-29H,20-22H2,1-6H3,(H,35,38)(H2,36,37,40)/t28-,29-/m0/s1. The molecule has 0 spiro atoms. The molecular formula is C34H43N3O6. The maximum absolute atomic E-state index is 13.5. The van der Waals surface area contributed by atoms with E-state index < -0.39 is 35.6 Å². The SMILES string of the molecule is COc1ccccc1NC(=O)N[C@@H](CC(C)C)C(=O)N[C@@H](Cc1ccc(OCc2ccccc2)cc1)C(=O)OC(C)(C)C. The molecule has 0 heterocycles. The van der Waals surface area contributed by atoms with Crippen molar-refractivity contribution in [2.45, 2.75) is 71.8 Å². The van der Waals surface area contributed by atoms with Crippen molar-refractivity contribution in [1.29, 1.82) is 0 Å². The minimum Gasteiger partial charge on any atom is -0.495 e. The number of esters is 1. The lowest BCUT2D eigenvalue weighted by Crippen LogP contribution is -2.54. The van der Waals surface area contributed by atoms with E-state index in [0.29, 0.717) is 30.2 Å². The third kappa shape index (κ3) is 11.3. The number of carbonyl (C=O) groups is 3. The number of urea groups is 1. The summed E-state index contributed by atoms with van der Waals surface area (Å²) < 4.78 is 16.8. The van der Waals surface area contributed by atoms with Gasteiger partial charge < -0.3 is 30.2 Å². The fourth-order valence-electron chi connectivity index (χ4n) is 4.30. The molecule has 43 heavy (non-hydrogen) atoms. The average molecular weight is 590 g/mol. The molecule has 0 fully saturated rings. The van der Waals surface area contributed by atoms with E-state index in [1.807, 2.05) is 68.4 Å². The molecule has 9 heteroatoms. The third-order valence-corrected chi connectivity index (χ3v) is 6.30. The Labute approximate surface area is 254 Å². The first-order chi connectivity index (χ1) is 20.4. The van der Waals surface area contributed by atoms with Crippen molar-refractivity contribution >= 4 is 23.6 Å². The predicted molar refractivity (Wildman–Crippen MR) is 167 cm³/mol. The number of anilines is 1. The first-order valence-corrected chi connectivity index (χ1v) is 14.4. The second-order valence-corrected chi connectivity index (χ2v) is 11.7. The second kappa shape index (κ2) is 15.6. The molecule has 3 aromatic rings. The van der Waals surface area contributed by atoms with Crippen LogP contribution in [-0.2, 0) is 27.4 Å². The van der Waals surface area contributed by atoms with E-state index in [9.17, 15) is 14.4 Å². The molecule has 0 aliphatic heterocycles. The monoisotopic (exact) mass is 589 g/mol. The van der Waals surface area contributed by atoms with Crippen LogP contribution in [0.3, 0.4) is 0 Å². The first-order valence-electron chi connectivity index (χ1n) is 14.4. The zero-order valence-corrected chi connectivity index (χ0v) is 25.8. The smallest absolute Gasteiger partial charge is 0.329 e. The van der Waals surface area contributed by atoms with Crippen LogP contribution in [0.1, 0.15) is 52.2 Å². The molecule has 0 unspecified atom stereocenters. The fourth-order valence-corrected chi connectivity index (χ4v) is 4.30. The lowest BCUT2D eigenvalue weighted by Gasteiger charge is -2.27. The fraction of sp³-hybridized carbons (Fsp3) is 0.382. The van der Waals surface area contributed by atoms with Crippen LogP contribution in [0, 0.1) is 5.92 Å². The van der Waals surface area contributed by atoms with E-state index in [4.69, 9.17) is 14.2 Å². The van der Waals surface area contributed by atoms with Crippen molar-refractivity contribution in [3.63, 3.8) is 0 Å². The highest BCUT2D eigenvalue weighted by atomic mass is 16.6. The van der Waals surface area contributed by atoms with Crippen molar-refractivity contribution in [3.05, 3.63) is 90.0 Å². The number of methoxy groups -OCH3 is 1. The largest absolute Gasteiger partial charge is 0.495 e. The number of amides is 3. The molecular weight excluding hydrogens is 546 g/mol. The van der Waals surface area contributed by atoms with Gasteiger partial charge >= 0.3 is 12.0 Å². The Kier molecular flexibility index (Phi) is 12.0. The van der Waals surface area contributed by atoms with Gasteiger partial charge in [0.1, 0.15) is 35.8 Å². The number of para-hydroxylation sites is 2. The van der Waals surface area contributed by atoms with Gasteiger partial charge in [0.15, 0.2) is 0 Å². The van der Waals surface area contributed by atoms with Gasteiger partial charge in [0.2, 0.25) is 5.91 Å². The van der Waals surface area contributed by atoms with E-state index in [1.54, 1.807) is 45.0 Å². The Hall–Kier alpha value is -4.53. The lowest BCUT2D eigenvalue weighted by atomic mass is 10.0. The molecule has 0 radical (unpaired) electrons. The molecule has 0 aliphatic carbocycles. The molecule has 230 valence electrons. The summed E-state index contributed by atoms with van der Waals surface area (Å²) in [5.41, 5.74) is 1.58. The molecule has 0 aliphatic rings. The summed E-state index contributed by atoms with van der Waals surface area (Å²) >= 11 is 0. The summed E-state index contributed by atoms with van der Waals surface area (Å²) in [7, 11) is 1.51. The van der Waals surface area contributed by atoms with Gasteiger partial charge in [-0.2, -0.15) is 0 Å². The van der Waals surface area contributed by atoms with Gasteiger partial charge in [0, 0.05) is 6.42 Å². The molecule has 3 amide bonds. The van der Waals surface area contributed by atoms with Crippen LogP contribution < -0.4 is 25.4 Å². The zero-order chi connectivity index (χ0) is 31.4. The number of carbonyl (C=O) groups excluding carboxylic acids is 3. The molecule has 9 nitrogen and oxygen atoms in total. The number of ether oxygens (including phenoxy) is 3. The summed E-state index contributed by atoms with van der Waals surface area (Å²) in [6, 6.07) is 21.8. The Morgan fingerprint density at radius 1 is 0.791 bits per heavy atom. The highest BCUT2D eigenvalue weighted by Crippen LogP contribution is 2.23. The summed E-state index contributed by atoms with van der Waals surface area (Å²) in [6.07, 6.45) is 0.557. The van der Waals surface area contributed by atoms with E-state index in [2.05, 4.69) is 16.0 Å². The zero-order valence-electron chi connectivity index (χ0n) is 25.8. The maximum atomic E-state index is 13.5. The summed E-state index contributed by atoms with van der Waals surface area (Å²) in [5, 5.41) is 8.32. The van der Waals surface area contributed by atoms with E-state index in [0.717, 1.165) is 11.1 Å². The minimum absolute atomic E-state index is 0.0886. The van der Waals surface area contributed by atoms with Gasteiger partial charge in [-0.25, -0.2) is 9.59 Å². The van der Waals surface area contributed by atoms with Crippen LogP contribution in [0.4, 0.5) is 10.5 Å². The van der Waals surface area contributed by atoms with Crippen molar-refractivity contribution < 1.29 is 28.6 Å². The molecule has 3 N–H and O–H groups in total. The molecule has 0 bridgehead atoms. The predicted octanol–water partition coefficient (Wildman–Crippen LogP) is 5.88. The van der Waals surface area contributed by atoms with Crippen LogP contribution in [0.15, 0.2) is 78.9 Å². The molecule has 0 aromatic heterocycles. The van der Waals surface area contributed by atoms with E-state index in [1.165, 1.54) is 7.11 Å². The second-order valence-electron chi connectivity index (χ2n) is 11.7. The minimum atomic E-state index is -0.975. The first kappa shape index (κ1) is 33.0. The molecule has 2 atom stereocenters. The van der Waals surface area contributed by atoms with E-state index >= 15 is 0 Å². The highest BCUT2D eigenvalue weighted by Gasteiger charge is 2.30. The summed E-state index contributed by atoms with van der Waals surface area (Å²) in [6.45, 7) is 9.65. The van der Waals surface area contributed by atoms with Gasteiger partial charge in [-0.3, -0.25) is 4.79 Å². The number of benzene rings is 3. The lowest BCUT2D eigenvalue weighted by molar-refractivity contribution is -0.158. The van der Waals surface area contributed by atoms with Gasteiger partial charge in [-0.15, -0.1) is 0 Å². The Balaban J connectivity index is 1.72. The van der Waals surface area contributed by atoms with Crippen molar-refractivity contribution in [1.82, 2.24) is 10.6 Å². The van der Waals surface area contributed by atoms with Crippen LogP contribution in [0.5, 0.6) is 11.5 Å². The number of rotatable bonds is 13. The van der Waals surface area contributed by atoms with Gasteiger partial charge in [0.05, 0.1) is 12.8 Å². The Bertz CT molecular complexity index is 1340. The van der Waals surface area contributed by atoms with Crippen LogP contribution >= 0.6 is 0 Å². The molecule has 3 aromatic carbocycles. The third-order valence-electron chi connectivity index (χ3n) is 6.30. The average Bonchev–Trinajstić information content (AvgIpc) is 2.95. The number of nitrogens with one attached hydrogen (secondary N) is 3. The van der Waals surface area contributed by atoms with Crippen LogP contribution in [0.2, 0.25) is 0 Å². The number of hydrogen-bond acceptors (Lipinski definition) is 6. The Morgan fingerprint density at radius 3 is 2.07 bits per heavy atom. The van der Waals surface area contributed by atoms with E-state index in [-0.39, 0.29) is 12.3 Å². The topological polar surface area (TPSA) is 115 Å². The van der Waals surface area contributed by atoms with Gasteiger partial charge in [-0.05, 0) is 68.5 Å². The Morgan fingerprint density at radius 2 is 1.44 bits per heavy atom. The van der Waals surface area contributed by atoms with Crippen LogP contribution in [-0.4, -0.2) is 42.7 Å². The van der Waals surface area contributed by atoms with Crippen molar-refractivity contribution in [3.8, 4) is 11.5 Å². The summed E-state index contributed by atoms with van der Waals surface area (Å²) in [5.74, 6) is 0.219. The quantitative estimate of drug-likeness (QED) is 0.215. The molecule has 0 saturated carbocycles.